The molecule has 0 saturated carbocycles. The monoisotopic (exact) mass is 365 g/mol. The van der Waals surface area contributed by atoms with Crippen molar-refractivity contribution in [3.8, 4) is 0 Å². The zero-order valence-corrected chi connectivity index (χ0v) is 15.6. The first-order valence-corrected chi connectivity index (χ1v) is 9.06. The van der Waals surface area contributed by atoms with Crippen LogP contribution in [0.1, 0.15) is 17.1 Å². The Kier molecular flexibility index (Phi) is 4.49. The van der Waals surface area contributed by atoms with Crippen LogP contribution >= 0.6 is 0 Å². The summed E-state index contributed by atoms with van der Waals surface area (Å²) in [5, 5.41) is 0. The van der Waals surface area contributed by atoms with Gasteiger partial charge in [0.25, 0.3) is 5.56 Å². The molecule has 0 unspecified atom stereocenters. The highest BCUT2D eigenvalue weighted by atomic mass is 16.1. The van der Waals surface area contributed by atoms with Gasteiger partial charge in [0.2, 0.25) is 5.95 Å². The van der Waals surface area contributed by atoms with Gasteiger partial charge in [0.1, 0.15) is 11.5 Å². The van der Waals surface area contributed by atoms with Crippen LogP contribution in [0.25, 0.3) is 5.65 Å². The quantitative estimate of drug-likeness (QED) is 0.740. The molecule has 0 spiro atoms. The van der Waals surface area contributed by atoms with E-state index in [0.717, 1.165) is 49.1 Å². The minimum atomic E-state index is -0.0290. The van der Waals surface area contributed by atoms with Gasteiger partial charge in [0.15, 0.2) is 0 Å². The van der Waals surface area contributed by atoms with Crippen molar-refractivity contribution in [2.75, 3.05) is 36.8 Å². The Morgan fingerprint density at radius 1 is 1.04 bits per heavy atom. The lowest BCUT2D eigenvalue weighted by atomic mass is 10.2. The van der Waals surface area contributed by atoms with Crippen molar-refractivity contribution >= 4 is 17.4 Å². The number of rotatable bonds is 3. The summed E-state index contributed by atoms with van der Waals surface area (Å²) in [5.41, 5.74) is 9.01. The third kappa shape index (κ3) is 3.61. The number of aryl methyl sites for hydroxylation is 2. The van der Waals surface area contributed by atoms with Crippen molar-refractivity contribution in [3.05, 3.63) is 57.8 Å². The molecule has 4 heterocycles. The molecule has 0 radical (unpaired) electrons. The average Bonchev–Trinajstić information content (AvgIpc) is 2.61. The fraction of sp³-hybridized carbons (Fsp3) is 0.368. The molecule has 27 heavy (non-hydrogen) atoms. The van der Waals surface area contributed by atoms with E-state index >= 15 is 0 Å². The smallest absolute Gasteiger partial charge is 0.258 e. The van der Waals surface area contributed by atoms with Crippen molar-refractivity contribution in [1.29, 1.82) is 0 Å². The zero-order chi connectivity index (χ0) is 19.0. The van der Waals surface area contributed by atoms with Gasteiger partial charge in [0.05, 0.1) is 5.69 Å². The molecule has 1 aliphatic rings. The van der Waals surface area contributed by atoms with E-state index in [4.69, 9.17) is 5.73 Å². The second-order valence-electron chi connectivity index (χ2n) is 6.94. The van der Waals surface area contributed by atoms with Gasteiger partial charge in [-0.15, -0.1) is 0 Å². The lowest BCUT2D eigenvalue weighted by molar-refractivity contribution is 0.246. The fourth-order valence-electron chi connectivity index (χ4n) is 3.55. The van der Waals surface area contributed by atoms with E-state index in [1.807, 2.05) is 38.1 Å². The van der Waals surface area contributed by atoms with Gasteiger partial charge in [-0.05, 0) is 26.0 Å². The van der Waals surface area contributed by atoms with Gasteiger partial charge in [-0.2, -0.15) is 4.98 Å². The minimum absolute atomic E-state index is 0.0290. The topological polar surface area (TPSA) is 92.7 Å². The van der Waals surface area contributed by atoms with Gasteiger partial charge in [-0.25, -0.2) is 9.97 Å². The second-order valence-corrected chi connectivity index (χ2v) is 6.94. The maximum Gasteiger partial charge on any atom is 0.258 e. The van der Waals surface area contributed by atoms with Crippen LogP contribution in [-0.4, -0.2) is 50.4 Å². The number of hydrogen-bond donors (Lipinski definition) is 1. The fourth-order valence-corrected chi connectivity index (χ4v) is 3.55. The highest BCUT2D eigenvalue weighted by molar-refractivity contribution is 5.44. The van der Waals surface area contributed by atoms with Gasteiger partial charge in [-0.1, -0.05) is 6.07 Å². The lowest BCUT2D eigenvalue weighted by Crippen LogP contribution is -2.46. The molecule has 0 bridgehead atoms. The van der Waals surface area contributed by atoms with Crippen LogP contribution in [0.3, 0.4) is 0 Å². The molecule has 1 saturated heterocycles. The summed E-state index contributed by atoms with van der Waals surface area (Å²) >= 11 is 0. The summed E-state index contributed by atoms with van der Waals surface area (Å²) in [7, 11) is 0. The summed E-state index contributed by atoms with van der Waals surface area (Å²) in [4.78, 5) is 30.1. The van der Waals surface area contributed by atoms with E-state index < -0.39 is 0 Å². The van der Waals surface area contributed by atoms with Gasteiger partial charge in [0, 0.05) is 56.2 Å². The number of nitrogens with zero attached hydrogens (tertiary/aromatic N) is 6. The van der Waals surface area contributed by atoms with E-state index in [9.17, 15) is 4.79 Å². The Bertz CT molecular complexity index is 1020. The summed E-state index contributed by atoms with van der Waals surface area (Å²) in [6, 6.07) is 9.31. The van der Waals surface area contributed by atoms with Crippen molar-refractivity contribution in [3.63, 3.8) is 0 Å². The number of piperazine rings is 1. The zero-order valence-electron chi connectivity index (χ0n) is 15.6. The molecule has 8 heteroatoms. The third-order valence-corrected chi connectivity index (χ3v) is 4.87. The molecule has 8 nitrogen and oxygen atoms in total. The van der Waals surface area contributed by atoms with Crippen LogP contribution in [0.2, 0.25) is 0 Å². The van der Waals surface area contributed by atoms with Crippen LogP contribution in [0, 0.1) is 13.8 Å². The van der Waals surface area contributed by atoms with Crippen LogP contribution < -0.4 is 16.2 Å². The van der Waals surface area contributed by atoms with Crippen LogP contribution in [0.4, 0.5) is 11.8 Å². The third-order valence-electron chi connectivity index (χ3n) is 4.87. The van der Waals surface area contributed by atoms with Gasteiger partial charge < -0.3 is 10.6 Å². The summed E-state index contributed by atoms with van der Waals surface area (Å²) in [6.07, 6.45) is 0. The highest BCUT2D eigenvalue weighted by Crippen LogP contribution is 2.16. The van der Waals surface area contributed by atoms with Crippen LogP contribution in [0.5, 0.6) is 0 Å². The van der Waals surface area contributed by atoms with E-state index in [-0.39, 0.29) is 5.56 Å². The number of anilines is 2. The van der Waals surface area contributed by atoms with Crippen molar-refractivity contribution in [1.82, 2.24) is 24.3 Å². The standard InChI is InChI=1S/C19H23N7O/c1-13-10-17(23-19(20)21-13)25-8-6-24(7-9-25)12-15-11-18(27)26-14(2)4-3-5-16(26)22-15/h3-5,10-11H,6-9,12H2,1-2H3,(H2,20,21,23). The first-order chi connectivity index (χ1) is 13.0. The first kappa shape index (κ1) is 17.4. The first-order valence-electron chi connectivity index (χ1n) is 9.06. The molecule has 140 valence electrons. The summed E-state index contributed by atoms with van der Waals surface area (Å²) in [6.45, 7) is 7.94. The molecular formula is C19H23N7O. The van der Waals surface area contributed by atoms with E-state index in [0.29, 0.717) is 18.1 Å². The summed E-state index contributed by atoms with van der Waals surface area (Å²) < 4.78 is 1.64. The molecule has 1 aliphatic heterocycles. The SMILES string of the molecule is Cc1cc(N2CCN(Cc3cc(=O)n4c(C)cccc4n3)CC2)nc(N)n1. The van der Waals surface area contributed by atoms with Crippen molar-refractivity contribution < 1.29 is 0 Å². The van der Waals surface area contributed by atoms with E-state index in [1.54, 1.807) is 10.5 Å². The molecule has 0 aromatic carbocycles. The van der Waals surface area contributed by atoms with Gasteiger partial charge >= 0.3 is 0 Å². The molecule has 3 aromatic heterocycles. The Labute approximate surface area is 157 Å². The minimum Gasteiger partial charge on any atom is -0.368 e. The van der Waals surface area contributed by atoms with E-state index in [1.165, 1.54) is 0 Å². The van der Waals surface area contributed by atoms with Crippen LogP contribution in [-0.2, 0) is 6.54 Å². The number of aromatic nitrogens is 4. The second kappa shape index (κ2) is 6.96. The average molecular weight is 365 g/mol. The molecule has 0 atom stereocenters. The predicted octanol–water partition coefficient (Wildman–Crippen LogP) is 1.01. The molecule has 0 amide bonds. The molecule has 1 fully saturated rings. The highest BCUT2D eigenvalue weighted by Gasteiger charge is 2.19. The maximum absolute atomic E-state index is 12.4. The number of fused-ring (bicyclic) bond motifs is 1. The molecule has 4 rings (SSSR count). The Hall–Kier alpha value is -3.00. The molecular weight excluding hydrogens is 342 g/mol. The number of pyridine rings is 1. The Morgan fingerprint density at radius 3 is 2.56 bits per heavy atom. The number of nitrogens with two attached hydrogens (primary N) is 1. The van der Waals surface area contributed by atoms with Crippen molar-refractivity contribution in [2.45, 2.75) is 20.4 Å². The molecule has 2 N–H and O–H groups in total. The lowest BCUT2D eigenvalue weighted by Gasteiger charge is -2.35. The normalized spacial score (nSPS) is 15.4. The van der Waals surface area contributed by atoms with E-state index in [2.05, 4.69) is 24.8 Å². The van der Waals surface area contributed by atoms with Crippen LogP contribution in [0.15, 0.2) is 35.1 Å². The summed E-state index contributed by atoms with van der Waals surface area (Å²) in [5.74, 6) is 1.18. The Balaban J connectivity index is 1.46. The molecule has 0 aliphatic carbocycles. The molecule has 3 aromatic rings. The van der Waals surface area contributed by atoms with Gasteiger partial charge in [-0.3, -0.25) is 14.1 Å². The maximum atomic E-state index is 12.4. The number of nitrogen functional groups attached to an aromatic ring is 1. The van der Waals surface area contributed by atoms with Crippen molar-refractivity contribution in [2.24, 2.45) is 0 Å². The Morgan fingerprint density at radius 2 is 1.81 bits per heavy atom. The number of hydrogen-bond acceptors (Lipinski definition) is 7. The predicted molar refractivity (Wildman–Crippen MR) is 105 cm³/mol. The largest absolute Gasteiger partial charge is 0.368 e.